The summed E-state index contributed by atoms with van der Waals surface area (Å²) in [5, 5.41) is 59.5. The number of carboxylic acid groups (broad SMARTS) is 3. The van der Waals surface area contributed by atoms with E-state index in [1.54, 1.807) is 12.1 Å². The first-order chi connectivity index (χ1) is 12.0. The zero-order chi connectivity index (χ0) is 20.1. The number of para-hydroxylation sites is 2. The average Bonchev–Trinajstić information content (AvgIpc) is 2.51. The van der Waals surface area contributed by atoms with Crippen LogP contribution in [0, 0.1) is 10.4 Å². The van der Waals surface area contributed by atoms with Gasteiger partial charge in [-0.2, -0.15) is 0 Å². The molecule has 2 aromatic rings. The highest BCUT2D eigenvalue weighted by atomic mass is 16.5. The predicted octanol–water partition coefficient (Wildman–Crippen LogP) is -2.16. The summed E-state index contributed by atoms with van der Waals surface area (Å²) >= 11 is 0. The van der Waals surface area contributed by atoms with E-state index >= 15 is 0 Å². The monoisotopic (exact) mass is 370 g/mol. The molecule has 0 aliphatic rings. The minimum Gasteiger partial charge on any atom is -0.739 e. The summed E-state index contributed by atoms with van der Waals surface area (Å²) in [6, 6.07) is 6.31. The van der Waals surface area contributed by atoms with Crippen molar-refractivity contribution in [2.45, 2.75) is 18.4 Å². The molecule has 0 radical (unpaired) electrons. The molecule has 0 aliphatic carbocycles. The highest BCUT2D eigenvalue weighted by Crippen LogP contribution is 2.15. The van der Waals surface area contributed by atoms with E-state index in [1.807, 2.05) is 0 Å². The van der Waals surface area contributed by atoms with Gasteiger partial charge in [-0.25, -0.2) is 9.52 Å². The molecule has 0 saturated carbocycles. The van der Waals surface area contributed by atoms with Crippen molar-refractivity contribution in [2.24, 2.45) is 0 Å². The van der Waals surface area contributed by atoms with Gasteiger partial charge in [0.2, 0.25) is 5.10 Å². The summed E-state index contributed by atoms with van der Waals surface area (Å²) < 4.78 is 0.420. The molecule has 0 atom stereocenters. The molecule has 1 aromatic carbocycles. The molecule has 0 bridgehead atoms. The lowest BCUT2D eigenvalue weighted by atomic mass is 9.96. The van der Waals surface area contributed by atoms with Crippen molar-refractivity contribution in [1.29, 1.82) is 0 Å². The Morgan fingerprint density at radius 2 is 1.50 bits per heavy atom. The van der Waals surface area contributed by atoms with E-state index < -0.39 is 36.4 Å². The molecule has 13 heteroatoms. The topological polar surface area (TPSA) is 225 Å². The summed E-state index contributed by atoms with van der Waals surface area (Å²) in [6.45, 7) is 0. The zero-order valence-electron chi connectivity index (χ0n) is 13.0. The molecule has 13 nitrogen and oxygen atoms in total. The third-order valence-corrected chi connectivity index (χ3v) is 2.99. The van der Waals surface area contributed by atoms with Gasteiger partial charge in [-0.1, -0.05) is 12.1 Å². The smallest absolute Gasteiger partial charge is 0.458 e. The lowest BCUT2D eigenvalue weighted by molar-refractivity contribution is -0.672. The summed E-state index contributed by atoms with van der Waals surface area (Å²) in [7, 11) is 0. The Hall–Kier alpha value is -3.74. The van der Waals surface area contributed by atoms with Crippen molar-refractivity contribution in [2.75, 3.05) is 5.73 Å². The number of aliphatic hydroxyl groups is 1. The Morgan fingerprint density at radius 3 is 1.92 bits per heavy atom. The first-order valence-electron chi connectivity index (χ1n) is 6.75. The maximum Gasteiger partial charge on any atom is 0.458 e. The highest BCUT2D eigenvalue weighted by Gasteiger charge is 2.40. The number of carbonyl (C=O) groups is 3. The third kappa shape index (κ3) is 4.88. The summed E-state index contributed by atoms with van der Waals surface area (Å²) in [5.74, 6) is -5.37. The number of carboxylic acids is 3. The van der Waals surface area contributed by atoms with Gasteiger partial charge < -0.3 is 30.8 Å². The van der Waals surface area contributed by atoms with Gasteiger partial charge in [-0.3, -0.25) is 15.3 Å². The van der Waals surface area contributed by atoms with Crippen molar-refractivity contribution < 1.29 is 44.4 Å². The Morgan fingerprint density at radius 1 is 1.04 bits per heavy atom. The van der Waals surface area contributed by atoms with Crippen LogP contribution in [0.1, 0.15) is 12.8 Å². The van der Waals surface area contributed by atoms with Gasteiger partial charge >= 0.3 is 23.9 Å². The molecule has 140 valence electrons. The number of rotatable bonds is 5. The van der Waals surface area contributed by atoms with Crippen molar-refractivity contribution in [3.05, 3.63) is 34.7 Å². The first kappa shape index (κ1) is 20.3. The molecule has 0 aliphatic heterocycles. The van der Waals surface area contributed by atoms with E-state index in [-0.39, 0.29) is 17.0 Å². The van der Waals surface area contributed by atoms with E-state index in [0.29, 0.717) is 9.58 Å². The number of anilines is 1. The van der Waals surface area contributed by atoms with Crippen molar-refractivity contribution >= 4 is 34.9 Å². The van der Waals surface area contributed by atoms with Crippen LogP contribution in [0.4, 0.5) is 5.95 Å². The van der Waals surface area contributed by atoms with E-state index in [9.17, 15) is 24.8 Å². The Kier molecular flexibility index (Phi) is 6.16. The number of hydrogen-bond donors (Lipinski definition) is 5. The maximum absolute atomic E-state index is 11.3. The Balaban J connectivity index is 0.000000260. The molecule has 6 N–H and O–H groups in total. The molecule has 0 amide bonds. The van der Waals surface area contributed by atoms with Crippen LogP contribution in [-0.4, -0.2) is 49.0 Å². The van der Waals surface area contributed by atoms with Gasteiger partial charge in [0, 0.05) is 10.9 Å². The van der Waals surface area contributed by atoms with Crippen LogP contribution in [0.25, 0.3) is 11.0 Å². The number of aromatic nitrogens is 3. The van der Waals surface area contributed by atoms with Gasteiger partial charge in [0.05, 0.1) is 12.8 Å². The maximum atomic E-state index is 11.3. The zero-order valence-corrected chi connectivity index (χ0v) is 13.0. The standard InChI is InChI=1S/C7H6N4O2.C6H8O7/c8-7-9-11(13)6-4-2-1-3-5(6)10(7)12;7-3(8)1-6(13,5(11)12)2-4(9)10/h1-4H,(H2,8,9);13H,1-2H2,(H,7,8)(H,9,10)(H,11,12). The minimum atomic E-state index is -2.74. The van der Waals surface area contributed by atoms with Crippen LogP contribution in [0.5, 0.6) is 0 Å². The molecular weight excluding hydrogens is 356 g/mol. The molecular formula is C13H14N4O9. The second kappa shape index (κ2) is 7.89. The largest absolute Gasteiger partial charge is 0.739 e. The first-order valence-corrected chi connectivity index (χ1v) is 6.75. The number of fused-ring (bicyclic) bond motifs is 1. The fraction of sp³-hybridized carbons (Fsp3) is 0.231. The normalized spacial score (nSPS) is 10.7. The quantitative estimate of drug-likeness (QED) is 0.281. The number of hydrogen-bond acceptors (Lipinski definition) is 8. The number of aliphatic carboxylic acids is 3. The van der Waals surface area contributed by atoms with Crippen molar-refractivity contribution in [3.63, 3.8) is 0 Å². The van der Waals surface area contributed by atoms with Crippen LogP contribution in [0.3, 0.4) is 0 Å². The molecule has 0 saturated heterocycles. The van der Waals surface area contributed by atoms with Gasteiger partial charge in [0.15, 0.2) is 11.1 Å². The van der Waals surface area contributed by atoms with Crippen LogP contribution in [-0.2, 0) is 14.4 Å². The molecule has 0 fully saturated rings. The minimum absolute atomic E-state index is 0.201. The van der Waals surface area contributed by atoms with E-state index in [4.69, 9.17) is 26.2 Å². The molecule has 0 spiro atoms. The number of benzene rings is 1. The van der Waals surface area contributed by atoms with Crippen LogP contribution in [0.2, 0.25) is 0 Å². The van der Waals surface area contributed by atoms with Crippen LogP contribution >= 0.6 is 0 Å². The average molecular weight is 370 g/mol. The molecule has 2 rings (SSSR count). The molecule has 0 unspecified atom stereocenters. The molecule has 1 aromatic heterocycles. The van der Waals surface area contributed by atoms with Gasteiger partial charge in [0.1, 0.15) is 0 Å². The SMILES string of the molecule is Nc1n[n+]([O-])c2ccccc2[n+]1[O-].O=C(O)CC(O)(CC(=O)O)C(=O)O. The highest BCUT2D eigenvalue weighted by molar-refractivity contribution is 5.88. The Labute approximate surface area is 144 Å². The summed E-state index contributed by atoms with van der Waals surface area (Å²) in [6.07, 6.45) is -2.29. The number of nitrogens with zero attached hydrogens (tertiary/aromatic N) is 3. The number of nitrogen functional groups attached to an aromatic ring is 1. The van der Waals surface area contributed by atoms with E-state index in [0.717, 1.165) is 0 Å². The fourth-order valence-corrected chi connectivity index (χ4v) is 1.82. The van der Waals surface area contributed by atoms with E-state index in [1.165, 1.54) is 12.1 Å². The second-order valence-electron chi connectivity index (χ2n) is 4.99. The third-order valence-electron chi connectivity index (χ3n) is 2.99. The van der Waals surface area contributed by atoms with Crippen molar-refractivity contribution in [1.82, 2.24) is 5.10 Å². The lowest BCUT2D eigenvalue weighted by Crippen LogP contribution is -2.44. The summed E-state index contributed by atoms with van der Waals surface area (Å²) in [5.41, 5.74) is 2.88. The van der Waals surface area contributed by atoms with Gasteiger partial charge in [-0.15, -0.1) is 0 Å². The number of nitrogens with two attached hydrogens (primary N) is 1. The van der Waals surface area contributed by atoms with Gasteiger partial charge in [0.25, 0.3) is 5.52 Å². The van der Waals surface area contributed by atoms with Crippen LogP contribution < -0.4 is 15.3 Å². The van der Waals surface area contributed by atoms with Gasteiger partial charge in [-0.05, 0) is 6.07 Å². The Bertz CT molecular complexity index is 839. The molecule has 26 heavy (non-hydrogen) atoms. The summed E-state index contributed by atoms with van der Waals surface area (Å²) in [4.78, 5) is 30.8. The molecule has 1 heterocycles. The fourth-order valence-electron chi connectivity index (χ4n) is 1.82. The van der Waals surface area contributed by atoms with Crippen LogP contribution in [0.15, 0.2) is 24.3 Å². The van der Waals surface area contributed by atoms with Crippen molar-refractivity contribution in [3.8, 4) is 0 Å². The lowest BCUT2D eigenvalue weighted by Gasteiger charge is -2.18. The predicted molar refractivity (Wildman–Crippen MR) is 81.2 cm³/mol. The second-order valence-corrected chi connectivity index (χ2v) is 4.99. The van der Waals surface area contributed by atoms with E-state index in [2.05, 4.69) is 5.10 Å².